The van der Waals surface area contributed by atoms with Gasteiger partial charge in [-0.05, 0) is 26.2 Å². The van der Waals surface area contributed by atoms with E-state index in [-0.39, 0.29) is 12.3 Å². The number of hydrogen-bond acceptors (Lipinski definition) is 4. The predicted octanol–water partition coefficient (Wildman–Crippen LogP) is 0.609. The molecule has 2 unspecified atom stereocenters. The van der Waals surface area contributed by atoms with Gasteiger partial charge >= 0.3 is 12.0 Å². The molecule has 1 spiro atoms. The van der Waals surface area contributed by atoms with Gasteiger partial charge < -0.3 is 15.7 Å². The number of carbonyl (C=O) groups excluding carboxylic acids is 3. The molecule has 1 aliphatic heterocycles. The van der Waals surface area contributed by atoms with Gasteiger partial charge in [-0.25, -0.2) is 14.5 Å². The number of carboxylic acids is 1. The minimum absolute atomic E-state index is 0.290. The Morgan fingerprint density at radius 3 is 2.48 bits per heavy atom. The van der Waals surface area contributed by atoms with Gasteiger partial charge in [-0.2, -0.15) is 0 Å². The average molecular weight is 325 g/mol. The highest BCUT2D eigenvalue weighted by atomic mass is 16.4. The third kappa shape index (κ3) is 3.16. The van der Waals surface area contributed by atoms with Gasteiger partial charge in [0.1, 0.15) is 17.6 Å². The Hall–Kier alpha value is -2.12. The Labute approximate surface area is 134 Å². The summed E-state index contributed by atoms with van der Waals surface area (Å²) in [6.45, 7) is 3.25. The van der Waals surface area contributed by atoms with Crippen LogP contribution in [0.4, 0.5) is 4.79 Å². The minimum Gasteiger partial charge on any atom is -0.480 e. The second-order valence-electron chi connectivity index (χ2n) is 6.26. The van der Waals surface area contributed by atoms with Crippen molar-refractivity contribution in [3.05, 3.63) is 0 Å². The van der Waals surface area contributed by atoms with Crippen molar-refractivity contribution in [1.29, 1.82) is 0 Å². The van der Waals surface area contributed by atoms with Gasteiger partial charge in [-0.3, -0.25) is 9.59 Å². The maximum absolute atomic E-state index is 12.6. The number of urea groups is 1. The van der Waals surface area contributed by atoms with Gasteiger partial charge in [0.15, 0.2) is 0 Å². The highest BCUT2D eigenvalue weighted by molar-refractivity contribution is 6.10. The van der Waals surface area contributed by atoms with E-state index in [0.29, 0.717) is 19.3 Å². The summed E-state index contributed by atoms with van der Waals surface area (Å²) >= 11 is 0. The summed E-state index contributed by atoms with van der Waals surface area (Å²) in [6.07, 6.45) is 3.76. The van der Waals surface area contributed by atoms with Crippen molar-refractivity contribution >= 4 is 23.8 Å². The van der Waals surface area contributed by atoms with Crippen LogP contribution in [0.5, 0.6) is 0 Å². The van der Waals surface area contributed by atoms with E-state index in [9.17, 15) is 19.2 Å². The van der Waals surface area contributed by atoms with Crippen LogP contribution in [0.1, 0.15) is 52.4 Å². The third-order valence-electron chi connectivity index (χ3n) is 4.61. The van der Waals surface area contributed by atoms with Crippen LogP contribution < -0.4 is 10.6 Å². The SMILES string of the molecule is CCCC(NC(=O)C(C)N1C(=O)NC2(CCCC2)C1=O)C(=O)O. The number of hydrogen-bond donors (Lipinski definition) is 3. The monoisotopic (exact) mass is 325 g/mol. The van der Waals surface area contributed by atoms with Gasteiger partial charge in [0.05, 0.1) is 0 Å². The van der Waals surface area contributed by atoms with Crippen molar-refractivity contribution in [3.63, 3.8) is 0 Å². The first-order valence-electron chi connectivity index (χ1n) is 8.01. The minimum atomic E-state index is -1.13. The molecule has 128 valence electrons. The molecule has 2 atom stereocenters. The first-order chi connectivity index (χ1) is 10.8. The third-order valence-corrected chi connectivity index (χ3v) is 4.61. The topological polar surface area (TPSA) is 116 Å². The molecule has 2 fully saturated rings. The molecule has 0 aromatic carbocycles. The molecule has 1 heterocycles. The van der Waals surface area contributed by atoms with Crippen molar-refractivity contribution in [1.82, 2.24) is 15.5 Å². The molecule has 0 aromatic rings. The Morgan fingerprint density at radius 1 is 1.35 bits per heavy atom. The van der Waals surface area contributed by atoms with E-state index < -0.39 is 35.5 Å². The molecule has 1 aliphatic carbocycles. The Morgan fingerprint density at radius 2 is 1.96 bits per heavy atom. The number of nitrogens with one attached hydrogen (secondary N) is 2. The van der Waals surface area contributed by atoms with Gasteiger partial charge in [-0.15, -0.1) is 0 Å². The fourth-order valence-corrected chi connectivity index (χ4v) is 3.27. The van der Waals surface area contributed by atoms with Gasteiger partial charge in [-0.1, -0.05) is 26.2 Å². The highest BCUT2D eigenvalue weighted by Gasteiger charge is 2.54. The lowest BCUT2D eigenvalue weighted by molar-refractivity contribution is -0.143. The van der Waals surface area contributed by atoms with E-state index in [4.69, 9.17) is 5.11 Å². The zero-order valence-corrected chi connectivity index (χ0v) is 13.4. The number of aliphatic carboxylic acids is 1. The summed E-state index contributed by atoms with van der Waals surface area (Å²) in [6, 6.07) is -2.64. The molecule has 23 heavy (non-hydrogen) atoms. The van der Waals surface area contributed by atoms with E-state index in [0.717, 1.165) is 17.7 Å². The van der Waals surface area contributed by atoms with Crippen molar-refractivity contribution in [2.75, 3.05) is 0 Å². The first-order valence-corrected chi connectivity index (χ1v) is 8.01. The largest absolute Gasteiger partial charge is 0.480 e. The summed E-state index contributed by atoms with van der Waals surface area (Å²) in [4.78, 5) is 49.0. The van der Waals surface area contributed by atoms with E-state index in [1.807, 2.05) is 6.92 Å². The highest BCUT2D eigenvalue weighted by Crippen LogP contribution is 2.35. The average Bonchev–Trinajstić information content (AvgIpc) is 3.04. The lowest BCUT2D eigenvalue weighted by Gasteiger charge is -2.24. The first kappa shape index (κ1) is 17.2. The zero-order chi connectivity index (χ0) is 17.2. The van der Waals surface area contributed by atoms with Crippen LogP contribution in [-0.2, 0) is 14.4 Å². The number of nitrogens with zero attached hydrogens (tertiary/aromatic N) is 1. The predicted molar refractivity (Wildman–Crippen MR) is 80.5 cm³/mol. The molecular formula is C15H23N3O5. The van der Waals surface area contributed by atoms with Crippen molar-refractivity contribution < 1.29 is 24.3 Å². The van der Waals surface area contributed by atoms with E-state index in [1.54, 1.807) is 0 Å². The summed E-state index contributed by atoms with van der Waals surface area (Å²) in [7, 11) is 0. The van der Waals surface area contributed by atoms with Gasteiger partial charge in [0.25, 0.3) is 5.91 Å². The van der Waals surface area contributed by atoms with Crippen LogP contribution in [0.2, 0.25) is 0 Å². The quantitative estimate of drug-likeness (QED) is 0.619. The van der Waals surface area contributed by atoms with Crippen LogP contribution in [0.3, 0.4) is 0 Å². The second kappa shape index (κ2) is 6.55. The number of imide groups is 1. The molecule has 8 nitrogen and oxygen atoms in total. The molecule has 1 saturated heterocycles. The smallest absolute Gasteiger partial charge is 0.326 e. The molecule has 0 radical (unpaired) electrons. The molecule has 2 aliphatic rings. The van der Waals surface area contributed by atoms with Crippen LogP contribution in [0.25, 0.3) is 0 Å². The molecule has 3 N–H and O–H groups in total. The fourth-order valence-electron chi connectivity index (χ4n) is 3.27. The summed E-state index contributed by atoms with van der Waals surface area (Å²) in [5.74, 6) is -2.15. The van der Waals surface area contributed by atoms with E-state index >= 15 is 0 Å². The van der Waals surface area contributed by atoms with Crippen LogP contribution in [0.15, 0.2) is 0 Å². The normalized spacial score (nSPS) is 22.1. The van der Waals surface area contributed by atoms with Crippen molar-refractivity contribution in [2.24, 2.45) is 0 Å². The summed E-state index contributed by atoms with van der Waals surface area (Å²) in [5.41, 5.74) is -0.874. The number of rotatable bonds is 6. The van der Waals surface area contributed by atoms with Gasteiger partial charge in [0, 0.05) is 0 Å². The molecular weight excluding hydrogens is 302 g/mol. The molecule has 2 rings (SSSR count). The Kier molecular flexibility index (Phi) is 4.91. The van der Waals surface area contributed by atoms with E-state index in [2.05, 4.69) is 10.6 Å². The Balaban J connectivity index is 2.08. The Bertz CT molecular complexity index is 527. The second-order valence-corrected chi connectivity index (χ2v) is 6.26. The number of amides is 4. The molecule has 4 amide bonds. The lowest BCUT2D eigenvalue weighted by Crippen LogP contribution is -2.53. The molecule has 0 aromatic heterocycles. The van der Waals surface area contributed by atoms with Crippen LogP contribution in [-0.4, -0.2) is 51.4 Å². The summed E-state index contributed by atoms with van der Waals surface area (Å²) < 4.78 is 0. The van der Waals surface area contributed by atoms with Crippen LogP contribution in [0, 0.1) is 0 Å². The lowest BCUT2D eigenvalue weighted by atomic mass is 9.97. The van der Waals surface area contributed by atoms with Gasteiger partial charge in [0.2, 0.25) is 5.91 Å². The van der Waals surface area contributed by atoms with E-state index in [1.165, 1.54) is 6.92 Å². The standard InChI is InChI=1S/C15H23N3O5/c1-3-6-10(12(20)21)16-11(19)9(2)18-13(22)15(17-14(18)23)7-4-5-8-15/h9-10H,3-8H2,1-2H3,(H,16,19)(H,17,23)(H,20,21). The molecule has 8 heteroatoms. The van der Waals surface area contributed by atoms with Crippen molar-refractivity contribution in [3.8, 4) is 0 Å². The van der Waals surface area contributed by atoms with Crippen LogP contribution >= 0.6 is 0 Å². The zero-order valence-electron chi connectivity index (χ0n) is 13.4. The molecule has 1 saturated carbocycles. The maximum atomic E-state index is 12.6. The van der Waals surface area contributed by atoms with Crippen molar-refractivity contribution in [2.45, 2.75) is 70.0 Å². The molecule has 0 bridgehead atoms. The number of carboxylic acid groups (broad SMARTS) is 1. The maximum Gasteiger partial charge on any atom is 0.326 e. The number of carbonyl (C=O) groups is 4. The fraction of sp³-hybridized carbons (Fsp3) is 0.733. The summed E-state index contributed by atoms with van der Waals surface area (Å²) in [5, 5.41) is 14.2.